The summed E-state index contributed by atoms with van der Waals surface area (Å²) in [6.07, 6.45) is -0.698. The summed E-state index contributed by atoms with van der Waals surface area (Å²) in [7, 11) is -3.33. The molecule has 0 bridgehead atoms. The Morgan fingerprint density at radius 3 is 2.52 bits per heavy atom. The third-order valence-corrected chi connectivity index (χ3v) is 7.28. The largest absolute Gasteiger partial charge is 0.573 e. The van der Waals surface area contributed by atoms with Gasteiger partial charge in [0.15, 0.2) is 15.6 Å². The van der Waals surface area contributed by atoms with Crippen molar-refractivity contribution in [3.63, 3.8) is 0 Å². The van der Waals surface area contributed by atoms with Gasteiger partial charge in [0.2, 0.25) is 0 Å². The average molecular weight is 460 g/mol. The highest BCUT2D eigenvalue weighted by Crippen LogP contribution is 2.38. The van der Waals surface area contributed by atoms with Crippen molar-refractivity contribution in [1.82, 2.24) is 4.90 Å². The summed E-state index contributed by atoms with van der Waals surface area (Å²) >= 11 is 0. The van der Waals surface area contributed by atoms with Crippen LogP contribution in [-0.2, 0) is 27.7 Å². The number of sulfone groups is 1. The molecule has 0 saturated heterocycles. The van der Waals surface area contributed by atoms with E-state index in [1.165, 1.54) is 12.3 Å². The summed E-state index contributed by atoms with van der Waals surface area (Å²) in [5.41, 5.74) is 2.27. The maximum Gasteiger partial charge on any atom is 0.573 e. The summed E-state index contributed by atoms with van der Waals surface area (Å²) in [5, 5.41) is 9.96. The lowest BCUT2D eigenvalue weighted by atomic mass is 9.86. The predicted molar refractivity (Wildman–Crippen MR) is 111 cm³/mol. The highest BCUT2D eigenvalue weighted by molar-refractivity contribution is 7.90. The molecule has 31 heavy (non-hydrogen) atoms. The van der Waals surface area contributed by atoms with Crippen LogP contribution in [0, 0.1) is 5.92 Å². The third kappa shape index (κ3) is 5.44. The van der Waals surface area contributed by atoms with Gasteiger partial charge in [-0.15, -0.1) is 13.2 Å². The number of halogens is 3. The molecule has 1 aromatic carbocycles. The van der Waals surface area contributed by atoms with E-state index in [0.29, 0.717) is 37.2 Å². The van der Waals surface area contributed by atoms with E-state index < -0.39 is 27.9 Å². The van der Waals surface area contributed by atoms with Crippen LogP contribution in [0.15, 0.2) is 46.3 Å². The quantitative estimate of drug-likeness (QED) is 0.631. The van der Waals surface area contributed by atoms with E-state index in [4.69, 9.17) is 0 Å². The summed E-state index contributed by atoms with van der Waals surface area (Å²) in [4.78, 5) is 2.54. The average Bonchev–Trinajstić information content (AvgIpc) is 3.07. The van der Waals surface area contributed by atoms with Gasteiger partial charge in [0.25, 0.3) is 0 Å². The van der Waals surface area contributed by atoms with Crippen molar-refractivity contribution in [2.75, 3.05) is 6.26 Å². The van der Waals surface area contributed by atoms with Crippen LogP contribution in [0.25, 0.3) is 0 Å². The normalized spacial score (nSPS) is 20.6. The number of rotatable bonds is 6. The number of fused-ring (bicyclic) bond motifs is 1. The second-order valence-electron chi connectivity index (χ2n) is 9.04. The molecular weight excluding hydrogens is 431 g/mol. The van der Waals surface area contributed by atoms with E-state index in [-0.39, 0.29) is 11.3 Å². The molecule has 9 heteroatoms. The molecule has 0 aromatic heterocycles. The minimum atomic E-state index is -4.86. The summed E-state index contributed by atoms with van der Waals surface area (Å²) in [6.45, 7) is 6.88. The number of hydrogen-bond acceptors (Lipinski definition) is 5. The molecule has 1 unspecified atom stereocenters. The number of aliphatic hydroxyl groups excluding tert-OH is 1. The zero-order valence-corrected chi connectivity index (χ0v) is 18.9. The Labute approximate surface area is 181 Å². The molecule has 1 atom stereocenters. The smallest absolute Gasteiger partial charge is 0.508 e. The predicted octanol–water partition coefficient (Wildman–Crippen LogP) is 5.24. The molecule has 5 nitrogen and oxygen atoms in total. The number of alkyl halides is 3. The third-order valence-electron chi connectivity index (χ3n) is 6.10. The Morgan fingerprint density at radius 2 is 1.90 bits per heavy atom. The van der Waals surface area contributed by atoms with Crippen LogP contribution in [-0.4, -0.2) is 36.6 Å². The molecule has 0 radical (unpaired) electrons. The fourth-order valence-corrected chi connectivity index (χ4v) is 5.19. The number of ether oxygens (including phenoxy) is 1. The van der Waals surface area contributed by atoms with Gasteiger partial charge in [0, 0.05) is 30.8 Å². The first-order chi connectivity index (χ1) is 14.2. The molecule has 0 spiro atoms. The lowest BCUT2D eigenvalue weighted by Crippen LogP contribution is -2.40. The van der Waals surface area contributed by atoms with Crippen molar-refractivity contribution in [2.45, 2.75) is 69.9 Å². The Balaban J connectivity index is 1.73. The first-order valence-electron chi connectivity index (χ1n) is 10.1. The highest BCUT2D eigenvalue weighted by Gasteiger charge is 2.36. The Morgan fingerprint density at radius 1 is 1.23 bits per heavy atom. The second-order valence-corrected chi connectivity index (χ2v) is 11.0. The van der Waals surface area contributed by atoms with Gasteiger partial charge < -0.3 is 9.84 Å². The molecule has 1 aliphatic heterocycles. The van der Waals surface area contributed by atoms with Gasteiger partial charge in [-0.2, -0.15) is 0 Å². The van der Waals surface area contributed by atoms with E-state index in [2.05, 4.69) is 9.64 Å². The maximum atomic E-state index is 12.6. The Bertz CT molecular complexity index is 1030. The van der Waals surface area contributed by atoms with E-state index in [9.17, 15) is 26.7 Å². The fraction of sp³-hybridized carbons (Fsp3) is 0.545. The SMILES string of the molecule is CC1CC(CCC(C)(C)N2Cc3cccc(S(C)(=O)=O)c3C2)=CC(OC(F)(F)F)=C1O. The van der Waals surface area contributed by atoms with E-state index in [1.807, 2.05) is 19.9 Å². The van der Waals surface area contributed by atoms with E-state index in [1.54, 1.807) is 19.1 Å². The van der Waals surface area contributed by atoms with Crippen LogP contribution in [0.5, 0.6) is 0 Å². The molecule has 0 fully saturated rings. The molecule has 0 amide bonds. The van der Waals surface area contributed by atoms with Crippen molar-refractivity contribution in [3.8, 4) is 0 Å². The topological polar surface area (TPSA) is 66.8 Å². The highest BCUT2D eigenvalue weighted by atomic mass is 32.2. The van der Waals surface area contributed by atoms with Crippen LogP contribution in [0.4, 0.5) is 13.2 Å². The molecule has 3 rings (SSSR count). The summed E-state index contributed by atoms with van der Waals surface area (Å²) < 4.78 is 66.2. The van der Waals surface area contributed by atoms with Crippen LogP contribution in [0.2, 0.25) is 0 Å². The van der Waals surface area contributed by atoms with Gasteiger partial charge in [-0.1, -0.05) is 24.6 Å². The molecule has 0 saturated carbocycles. The van der Waals surface area contributed by atoms with Crippen LogP contribution < -0.4 is 0 Å². The van der Waals surface area contributed by atoms with Crippen molar-refractivity contribution < 1.29 is 31.4 Å². The first-order valence-corrected chi connectivity index (χ1v) is 12.0. The van der Waals surface area contributed by atoms with Gasteiger partial charge in [0.05, 0.1) is 4.90 Å². The van der Waals surface area contributed by atoms with Crippen LogP contribution in [0.1, 0.15) is 51.2 Å². The van der Waals surface area contributed by atoms with Crippen molar-refractivity contribution in [3.05, 3.63) is 52.5 Å². The van der Waals surface area contributed by atoms with Gasteiger partial charge in [-0.05, 0) is 56.4 Å². The van der Waals surface area contributed by atoms with Crippen LogP contribution in [0.3, 0.4) is 0 Å². The van der Waals surface area contributed by atoms with Crippen molar-refractivity contribution in [1.29, 1.82) is 0 Å². The standard InChI is InChI=1S/C22H28F3NO4S/c1-14-10-15(11-18(20(14)27)30-22(23,24)25)8-9-21(2,3)26-12-16-6-5-7-19(17(16)13-26)31(4,28)29/h5-7,11,14,27H,8-10,12-13H2,1-4H3. The van der Waals surface area contributed by atoms with E-state index in [0.717, 1.165) is 16.7 Å². The molecule has 1 aliphatic carbocycles. The van der Waals surface area contributed by atoms with Crippen LogP contribution >= 0.6 is 0 Å². The summed E-state index contributed by atoms with van der Waals surface area (Å²) in [5.74, 6) is -1.37. The fourth-order valence-electron chi connectivity index (χ4n) is 4.22. The molecule has 172 valence electrons. The zero-order chi connectivity index (χ0) is 23.2. The Kier molecular flexibility index (Phi) is 6.23. The van der Waals surface area contributed by atoms with Crippen molar-refractivity contribution in [2.24, 2.45) is 5.92 Å². The monoisotopic (exact) mass is 459 g/mol. The number of benzene rings is 1. The minimum Gasteiger partial charge on any atom is -0.508 e. The van der Waals surface area contributed by atoms with Gasteiger partial charge in [-0.25, -0.2) is 8.42 Å². The molecule has 1 aromatic rings. The van der Waals surface area contributed by atoms with Gasteiger partial charge >= 0.3 is 6.36 Å². The molecule has 2 aliphatic rings. The molecule has 1 heterocycles. The minimum absolute atomic E-state index is 0.313. The number of hydrogen-bond donors (Lipinski definition) is 1. The molecular formula is C22H28F3NO4S. The van der Waals surface area contributed by atoms with Crippen molar-refractivity contribution >= 4 is 9.84 Å². The first kappa shape index (κ1) is 23.7. The molecule has 1 N–H and O–H groups in total. The maximum absolute atomic E-state index is 12.6. The van der Waals surface area contributed by atoms with Gasteiger partial charge in [0.1, 0.15) is 5.76 Å². The summed E-state index contributed by atoms with van der Waals surface area (Å²) in [6, 6.07) is 5.31. The number of nitrogens with zero attached hydrogens (tertiary/aromatic N) is 1. The second kappa shape index (κ2) is 8.16. The number of allylic oxidation sites excluding steroid dienone is 3. The lowest BCUT2D eigenvalue weighted by molar-refractivity contribution is -0.304. The number of aliphatic hydroxyl groups is 1. The Hall–Kier alpha value is -2.00. The lowest BCUT2D eigenvalue weighted by Gasteiger charge is -2.36. The van der Waals surface area contributed by atoms with Gasteiger partial charge in [-0.3, -0.25) is 4.90 Å². The zero-order valence-electron chi connectivity index (χ0n) is 18.1. The van der Waals surface area contributed by atoms with E-state index >= 15 is 0 Å².